The van der Waals surface area contributed by atoms with Crippen LogP contribution in [0, 0.1) is 0 Å². The average molecular weight is 453 g/mol. The van der Waals surface area contributed by atoms with Crippen molar-refractivity contribution in [2.24, 2.45) is 0 Å². The molecule has 33 heavy (non-hydrogen) atoms. The summed E-state index contributed by atoms with van der Waals surface area (Å²) in [6.07, 6.45) is -0.384. The SMILES string of the molecule is O=C(NCc1cccc(N2CCOC2=O)c1)c1ccccc1Nc1ccc(OC(F)F)cc1. The van der Waals surface area contributed by atoms with E-state index in [9.17, 15) is 18.4 Å². The zero-order valence-corrected chi connectivity index (χ0v) is 17.5. The van der Waals surface area contributed by atoms with Crippen molar-refractivity contribution in [3.63, 3.8) is 0 Å². The molecule has 1 aliphatic rings. The smallest absolute Gasteiger partial charge is 0.414 e. The Morgan fingerprint density at radius 1 is 1.06 bits per heavy atom. The average Bonchev–Trinajstić information content (AvgIpc) is 3.25. The highest BCUT2D eigenvalue weighted by Gasteiger charge is 2.23. The fraction of sp³-hybridized carbons (Fsp3) is 0.167. The lowest BCUT2D eigenvalue weighted by molar-refractivity contribution is -0.0498. The highest BCUT2D eigenvalue weighted by Crippen LogP contribution is 2.24. The summed E-state index contributed by atoms with van der Waals surface area (Å²) in [4.78, 5) is 26.2. The number of alkyl halides is 2. The Hall–Kier alpha value is -4.14. The quantitative estimate of drug-likeness (QED) is 0.506. The van der Waals surface area contributed by atoms with Gasteiger partial charge >= 0.3 is 12.7 Å². The maximum absolute atomic E-state index is 12.9. The Kier molecular flexibility index (Phi) is 6.68. The predicted octanol–water partition coefficient (Wildman–Crippen LogP) is 4.92. The molecule has 4 rings (SSSR count). The topological polar surface area (TPSA) is 79.9 Å². The van der Waals surface area contributed by atoms with Gasteiger partial charge in [-0.05, 0) is 54.1 Å². The maximum atomic E-state index is 12.9. The minimum atomic E-state index is -2.89. The summed E-state index contributed by atoms with van der Waals surface area (Å²) < 4.78 is 34.0. The molecule has 7 nitrogen and oxygen atoms in total. The molecule has 3 aromatic carbocycles. The van der Waals surface area contributed by atoms with Crippen LogP contribution in [0.5, 0.6) is 5.75 Å². The van der Waals surface area contributed by atoms with Crippen molar-refractivity contribution in [1.29, 1.82) is 0 Å². The number of hydrogen-bond donors (Lipinski definition) is 2. The van der Waals surface area contributed by atoms with Crippen LogP contribution in [0.2, 0.25) is 0 Å². The maximum Gasteiger partial charge on any atom is 0.414 e. The van der Waals surface area contributed by atoms with Gasteiger partial charge in [-0.2, -0.15) is 8.78 Å². The number of nitrogens with one attached hydrogen (secondary N) is 2. The lowest BCUT2D eigenvalue weighted by Crippen LogP contribution is -2.25. The van der Waals surface area contributed by atoms with Gasteiger partial charge in [0.25, 0.3) is 5.91 Å². The molecule has 0 bridgehead atoms. The first-order valence-electron chi connectivity index (χ1n) is 10.2. The summed E-state index contributed by atoms with van der Waals surface area (Å²) in [5.74, 6) is -0.243. The molecule has 0 radical (unpaired) electrons. The van der Waals surface area contributed by atoms with Crippen LogP contribution >= 0.6 is 0 Å². The molecule has 9 heteroatoms. The Balaban J connectivity index is 1.42. The molecule has 2 amide bonds. The number of hydrogen-bond acceptors (Lipinski definition) is 5. The second kappa shape index (κ2) is 9.99. The molecule has 0 unspecified atom stereocenters. The summed E-state index contributed by atoms with van der Waals surface area (Å²) in [6.45, 7) is -1.78. The van der Waals surface area contributed by atoms with Crippen LogP contribution in [0.3, 0.4) is 0 Å². The number of amides is 2. The van der Waals surface area contributed by atoms with Gasteiger partial charge in [-0.25, -0.2) is 4.79 Å². The first-order valence-corrected chi connectivity index (χ1v) is 10.2. The lowest BCUT2D eigenvalue weighted by atomic mass is 10.1. The van der Waals surface area contributed by atoms with Crippen molar-refractivity contribution >= 4 is 29.1 Å². The predicted molar refractivity (Wildman–Crippen MR) is 119 cm³/mol. The van der Waals surface area contributed by atoms with Crippen LogP contribution in [-0.4, -0.2) is 31.8 Å². The molecule has 1 heterocycles. The standard InChI is InChI=1S/C24H21F2N3O4/c25-23(26)33-19-10-8-17(9-11-19)28-21-7-2-1-6-20(21)22(30)27-15-16-4-3-5-18(14-16)29-12-13-32-24(29)31/h1-11,14,23,28H,12-13,15H2,(H,27,30). The second-order valence-corrected chi connectivity index (χ2v) is 7.19. The number of carbonyl (C=O) groups is 2. The minimum absolute atomic E-state index is 0.0472. The first-order chi connectivity index (χ1) is 16.0. The van der Waals surface area contributed by atoms with Crippen LogP contribution in [0.15, 0.2) is 72.8 Å². The van der Waals surface area contributed by atoms with E-state index in [0.29, 0.717) is 35.8 Å². The summed E-state index contributed by atoms with van der Waals surface area (Å²) in [7, 11) is 0. The van der Waals surface area contributed by atoms with Gasteiger partial charge in [0.2, 0.25) is 0 Å². The Bertz CT molecular complexity index is 1140. The Morgan fingerprint density at radius 2 is 1.85 bits per heavy atom. The molecule has 0 atom stereocenters. The van der Waals surface area contributed by atoms with E-state index < -0.39 is 6.61 Å². The molecular formula is C24H21F2N3O4. The number of nitrogens with zero attached hydrogens (tertiary/aromatic N) is 1. The van der Waals surface area contributed by atoms with Gasteiger partial charge in [0, 0.05) is 17.9 Å². The molecule has 3 aromatic rings. The lowest BCUT2D eigenvalue weighted by Gasteiger charge is -2.15. The molecule has 0 aromatic heterocycles. The zero-order valence-electron chi connectivity index (χ0n) is 17.5. The highest BCUT2D eigenvalue weighted by atomic mass is 19.3. The number of ether oxygens (including phenoxy) is 2. The van der Waals surface area contributed by atoms with Gasteiger partial charge in [-0.1, -0.05) is 24.3 Å². The first kappa shape index (κ1) is 22.1. The third-order valence-electron chi connectivity index (χ3n) is 4.97. The van der Waals surface area contributed by atoms with E-state index in [1.54, 1.807) is 41.3 Å². The van der Waals surface area contributed by atoms with E-state index in [4.69, 9.17) is 4.74 Å². The molecule has 1 fully saturated rings. The van der Waals surface area contributed by atoms with Gasteiger partial charge in [-0.3, -0.25) is 9.69 Å². The zero-order chi connectivity index (χ0) is 23.2. The van der Waals surface area contributed by atoms with E-state index in [1.165, 1.54) is 12.1 Å². The molecule has 0 spiro atoms. The Labute approximate surface area is 188 Å². The van der Waals surface area contributed by atoms with Crippen molar-refractivity contribution in [1.82, 2.24) is 5.32 Å². The number of cyclic esters (lactones) is 1. The van der Waals surface area contributed by atoms with E-state index in [2.05, 4.69) is 15.4 Å². The number of halogens is 2. The molecule has 170 valence electrons. The van der Waals surface area contributed by atoms with Gasteiger partial charge in [0.1, 0.15) is 12.4 Å². The minimum Gasteiger partial charge on any atom is -0.447 e. The van der Waals surface area contributed by atoms with Crippen molar-refractivity contribution in [3.05, 3.63) is 83.9 Å². The van der Waals surface area contributed by atoms with Gasteiger partial charge in [0.15, 0.2) is 0 Å². The second-order valence-electron chi connectivity index (χ2n) is 7.19. The van der Waals surface area contributed by atoms with E-state index in [-0.39, 0.29) is 24.3 Å². The van der Waals surface area contributed by atoms with Crippen LogP contribution in [0.25, 0.3) is 0 Å². The Morgan fingerprint density at radius 3 is 2.58 bits per heavy atom. The van der Waals surface area contributed by atoms with Crippen LogP contribution in [0.1, 0.15) is 15.9 Å². The highest BCUT2D eigenvalue weighted by molar-refractivity contribution is 6.00. The molecule has 1 aliphatic heterocycles. The van der Waals surface area contributed by atoms with Gasteiger partial charge in [-0.15, -0.1) is 0 Å². The van der Waals surface area contributed by atoms with Gasteiger partial charge < -0.3 is 20.1 Å². The van der Waals surface area contributed by atoms with Crippen molar-refractivity contribution in [2.75, 3.05) is 23.4 Å². The van der Waals surface area contributed by atoms with Crippen molar-refractivity contribution in [3.8, 4) is 5.75 Å². The number of carbonyl (C=O) groups excluding carboxylic acids is 2. The molecule has 0 aliphatic carbocycles. The number of benzene rings is 3. The van der Waals surface area contributed by atoms with E-state index >= 15 is 0 Å². The van der Waals surface area contributed by atoms with E-state index in [0.717, 1.165) is 5.56 Å². The molecule has 2 N–H and O–H groups in total. The number of para-hydroxylation sites is 1. The number of anilines is 3. The summed E-state index contributed by atoms with van der Waals surface area (Å²) in [6, 6.07) is 20.3. The molecule has 0 saturated carbocycles. The fourth-order valence-corrected chi connectivity index (χ4v) is 3.41. The monoisotopic (exact) mass is 453 g/mol. The largest absolute Gasteiger partial charge is 0.447 e. The van der Waals surface area contributed by atoms with Gasteiger partial charge in [0.05, 0.1) is 17.8 Å². The molecule has 1 saturated heterocycles. The van der Waals surface area contributed by atoms with Crippen LogP contribution in [0.4, 0.5) is 30.6 Å². The third-order valence-corrected chi connectivity index (χ3v) is 4.97. The third kappa shape index (κ3) is 5.57. The summed E-state index contributed by atoms with van der Waals surface area (Å²) in [5.41, 5.74) is 3.14. The van der Waals surface area contributed by atoms with E-state index in [1.807, 2.05) is 24.3 Å². The molecular weight excluding hydrogens is 432 g/mol. The summed E-state index contributed by atoms with van der Waals surface area (Å²) in [5, 5.41) is 6.01. The fourth-order valence-electron chi connectivity index (χ4n) is 3.41. The van der Waals surface area contributed by atoms with Crippen LogP contribution < -0.4 is 20.3 Å². The van der Waals surface area contributed by atoms with Crippen molar-refractivity contribution < 1.29 is 27.8 Å². The van der Waals surface area contributed by atoms with Crippen molar-refractivity contribution in [2.45, 2.75) is 13.2 Å². The number of rotatable bonds is 8. The van der Waals surface area contributed by atoms with Crippen LogP contribution in [-0.2, 0) is 11.3 Å². The normalized spacial score (nSPS) is 13.1. The summed E-state index contributed by atoms with van der Waals surface area (Å²) >= 11 is 0.